The molecule has 0 N–H and O–H groups in total. The molecular weight excluding hydrogens is 228 g/mol. The number of fused-ring (bicyclic) bond motifs is 1. The van der Waals surface area contributed by atoms with Crippen LogP contribution in [0.5, 0.6) is 11.5 Å². The van der Waals surface area contributed by atoms with Crippen molar-refractivity contribution in [1.29, 1.82) is 0 Å². The average molecular weight is 248 g/mol. The van der Waals surface area contributed by atoms with Gasteiger partial charge in [-0.05, 0) is 18.2 Å². The van der Waals surface area contributed by atoms with Crippen molar-refractivity contribution in [3.8, 4) is 11.5 Å². The summed E-state index contributed by atoms with van der Waals surface area (Å²) in [4.78, 5) is 12.2. The molecule has 98 valence electrons. The second-order valence-electron chi connectivity index (χ2n) is 5.97. The molecule has 2 rings (SSSR count). The molecule has 0 amide bonds. The van der Waals surface area contributed by atoms with Crippen LogP contribution in [0.15, 0.2) is 18.2 Å². The Morgan fingerprint density at radius 2 is 1.78 bits per heavy atom. The van der Waals surface area contributed by atoms with E-state index < -0.39 is 0 Å². The number of carbonyl (C=O) groups excluding carboxylic acids is 1. The van der Waals surface area contributed by atoms with E-state index in [9.17, 15) is 4.79 Å². The van der Waals surface area contributed by atoms with Crippen LogP contribution in [0.3, 0.4) is 0 Å². The number of Topliss-reactive ketones (excluding diaryl/α,β-unsaturated/α-hetero) is 1. The van der Waals surface area contributed by atoms with Gasteiger partial charge in [0.2, 0.25) is 0 Å². The zero-order valence-electron chi connectivity index (χ0n) is 11.4. The van der Waals surface area contributed by atoms with Crippen molar-refractivity contribution >= 4 is 5.78 Å². The second kappa shape index (κ2) is 4.63. The van der Waals surface area contributed by atoms with Crippen molar-refractivity contribution in [2.45, 2.75) is 27.7 Å². The van der Waals surface area contributed by atoms with Gasteiger partial charge < -0.3 is 9.47 Å². The van der Waals surface area contributed by atoms with Gasteiger partial charge in [-0.3, -0.25) is 4.79 Å². The molecular formula is C15H20O3. The van der Waals surface area contributed by atoms with Crippen molar-refractivity contribution in [3.63, 3.8) is 0 Å². The van der Waals surface area contributed by atoms with Gasteiger partial charge in [0.05, 0.1) is 13.2 Å². The van der Waals surface area contributed by atoms with Crippen molar-refractivity contribution in [1.82, 2.24) is 0 Å². The maximum absolute atomic E-state index is 12.2. The van der Waals surface area contributed by atoms with E-state index >= 15 is 0 Å². The molecule has 1 aliphatic heterocycles. The predicted octanol–water partition coefficient (Wildman–Crippen LogP) is 3.32. The number of benzene rings is 1. The molecule has 0 saturated carbocycles. The number of ether oxygens (including phenoxy) is 2. The van der Waals surface area contributed by atoms with E-state index in [1.165, 1.54) is 0 Å². The first-order chi connectivity index (χ1) is 8.38. The van der Waals surface area contributed by atoms with Crippen molar-refractivity contribution < 1.29 is 14.3 Å². The Balaban J connectivity index is 2.30. The van der Waals surface area contributed by atoms with E-state index in [1.54, 1.807) is 6.07 Å². The predicted molar refractivity (Wildman–Crippen MR) is 70.4 cm³/mol. The highest BCUT2D eigenvalue weighted by Gasteiger charge is 2.24. The zero-order valence-corrected chi connectivity index (χ0v) is 11.4. The quantitative estimate of drug-likeness (QED) is 0.715. The third kappa shape index (κ3) is 2.66. The van der Waals surface area contributed by atoms with Gasteiger partial charge in [0.15, 0.2) is 17.3 Å². The summed E-state index contributed by atoms with van der Waals surface area (Å²) < 4.78 is 11.3. The highest BCUT2D eigenvalue weighted by molar-refractivity contribution is 6.00. The monoisotopic (exact) mass is 248 g/mol. The van der Waals surface area contributed by atoms with Gasteiger partial charge >= 0.3 is 0 Å². The standard InChI is InChI=1S/C15H20O3/c1-10-8-17-12-6-5-11(7-13(12)18-9-10)14(16)15(2,3)4/h5-7,10H,8-9H2,1-4H3. The summed E-state index contributed by atoms with van der Waals surface area (Å²) in [5.41, 5.74) is 0.298. The highest BCUT2D eigenvalue weighted by Crippen LogP contribution is 2.33. The molecule has 0 bridgehead atoms. The number of rotatable bonds is 1. The number of hydrogen-bond donors (Lipinski definition) is 0. The molecule has 3 heteroatoms. The molecule has 0 saturated heterocycles. The van der Waals surface area contributed by atoms with Gasteiger partial charge in [-0.25, -0.2) is 0 Å². The Bertz CT molecular complexity index is 457. The lowest BCUT2D eigenvalue weighted by atomic mass is 9.86. The Labute approximate surface area is 108 Å². The summed E-state index contributed by atoms with van der Waals surface area (Å²) in [5, 5.41) is 0. The van der Waals surface area contributed by atoms with Crippen molar-refractivity contribution in [2.24, 2.45) is 11.3 Å². The van der Waals surface area contributed by atoms with Gasteiger partial charge in [0, 0.05) is 16.9 Å². The fourth-order valence-electron chi connectivity index (χ4n) is 1.83. The van der Waals surface area contributed by atoms with Gasteiger partial charge in [-0.2, -0.15) is 0 Å². The summed E-state index contributed by atoms with van der Waals surface area (Å²) in [6.07, 6.45) is 0. The third-order valence-corrected chi connectivity index (χ3v) is 2.93. The molecule has 18 heavy (non-hydrogen) atoms. The Morgan fingerprint density at radius 1 is 1.17 bits per heavy atom. The first-order valence-corrected chi connectivity index (χ1v) is 6.32. The van der Waals surface area contributed by atoms with Crippen LogP contribution in [-0.2, 0) is 0 Å². The van der Waals surface area contributed by atoms with E-state index in [4.69, 9.17) is 9.47 Å². The second-order valence-corrected chi connectivity index (χ2v) is 5.97. The SMILES string of the molecule is CC1COc2ccc(C(=O)C(C)(C)C)cc2OC1. The lowest BCUT2D eigenvalue weighted by molar-refractivity contribution is 0.0858. The van der Waals surface area contributed by atoms with Crippen LogP contribution in [0.1, 0.15) is 38.1 Å². The van der Waals surface area contributed by atoms with Crippen molar-refractivity contribution in [3.05, 3.63) is 23.8 Å². The van der Waals surface area contributed by atoms with Crippen LogP contribution >= 0.6 is 0 Å². The van der Waals surface area contributed by atoms with E-state index in [2.05, 4.69) is 6.92 Å². The highest BCUT2D eigenvalue weighted by atomic mass is 16.5. The number of carbonyl (C=O) groups is 1. The number of hydrogen-bond acceptors (Lipinski definition) is 3. The summed E-state index contributed by atoms with van der Waals surface area (Å²) in [5.74, 6) is 1.88. The molecule has 0 aromatic heterocycles. The van der Waals surface area contributed by atoms with E-state index in [-0.39, 0.29) is 11.2 Å². The number of ketones is 1. The van der Waals surface area contributed by atoms with Gasteiger partial charge in [0.1, 0.15) is 0 Å². The van der Waals surface area contributed by atoms with E-state index in [1.807, 2.05) is 32.9 Å². The minimum absolute atomic E-state index is 0.117. The Morgan fingerprint density at radius 3 is 2.39 bits per heavy atom. The molecule has 1 heterocycles. The fraction of sp³-hybridized carbons (Fsp3) is 0.533. The van der Waals surface area contributed by atoms with Crippen LogP contribution in [-0.4, -0.2) is 19.0 Å². The molecule has 1 atom stereocenters. The zero-order chi connectivity index (χ0) is 13.3. The van der Waals surface area contributed by atoms with Crippen LogP contribution in [0.4, 0.5) is 0 Å². The van der Waals surface area contributed by atoms with Crippen molar-refractivity contribution in [2.75, 3.05) is 13.2 Å². The molecule has 0 fully saturated rings. The summed E-state index contributed by atoms with van der Waals surface area (Å²) in [7, 11) is 0. The third-order valence-electron chi connectivity index (χ3n) is 2.93. The summed E-state index contributed by atoms with van der Waals surface area (Å²) >= 11 is 0. The molecule has 0 spiro atoms. The lowest BCUT2D eigenvalue weighted by Crippen LogP contribution is -2.20. The molecule has 1 aromatic rings. The molecule has 0 aliphatic carbocycles. The van der Waals surface area contributed by atoms with Crippen LogP contribution in [0.25, 0.3) is 0 Å². The minimum Gasteiger partial charge on any atom is -0.489 e. The molecule has 1 aromatic carbocycles. The largest absolute Gasteiger partial charge is 0.489 e. The molecule has 3 nitrogen and oxygen atoms in total. The topological polar surface area (TPSA) is 35.5 Å². The maximum Gasteiger partial charge on any atom is 0.168 e. The lowest BCUT2D eigenvalue weighted by Gasteiger charge is -2.17. The fourth-order valence-corrected chi connectivity index (χ4v) is 1.83. The first kappa shape index (κ1) is 12.9. The first-order valence-electron chi connectivity index (χ1n) is 6.32. The van der Waals surface area contributed by atoms with E-state index in [0.717, 1.165) is 5.75 Å². The Kier molecular flexibility index (Phi) is 3.33. The van der Waals surface area contributed by atoms with E-state index in [0.29, 0.717) is 30.4 Å². The summed E-state index contributed by atoms with van der Waals surface area (Å²) in [6.45, 7) is 9.11. The van der Waals surface area contributed by atoms with Gasteiger partial charge in [-0.15, -0.1) is 0 Å². The van der Waals surface area contributed by atoms with Crippen LogP contribution in [0.2, 0.25) is 0 Å². The Hall–Kier alpha value is -1.51. The maximum atomic E-state index is 12.2. The van der Waals surface area contributed by atoms with Crippen LogP contribution < -0.4 is 9.47 Å². The van der Waals surface area contributed by atoms with Gasteiger partial charge in [-0.1, -0.05) is 27.7 Å². The van der Waals surface area contributed by atoms with Crippen LogP contribution in [0, 0.1) is 11.3 Å². The summed E-state index contributed by atoms with van der Waals surface area (Å²) in [6, 6.07) is 5.43. The molecule has 0 radical (unpaired) electrons. The average Bonchev–Trinajstić information content (AvgIpc) is 2.49. The normalized spacial score (nSPS) is 19.2. The minimum atomic E-state index is -0.382. The molecule has 1 unspecified atom stereocenters. The smallest absolute Gasteiger partial charge is 0.168 e. The molecule has 1 aliphatic rings. The van der Waals surface area contributed by atoms with Gasteiger partial charge in [0.25, 0.3) is 0 Å².